The lowest BCUT2D eigenvalue weighted by atomic mass is 10.1. The highest BCUT2D eigenvalue weighted by Crippen LogP contribution is 2.37. The normalized spacial score (nSPS) is 20.3. The molecule has 2 N–H and O–H groups in total. The van der Waals surface area contributed by atoms with Crippen LogP contribution < -0.4 is 15.5 Å². The molecule has 1 saturated heterocycles. The first-order valence-electron chi connectivity index (χ1n) is 11.2. The number of aliphatic imine (C=N–C) groups is 1. The molecule has 1 aromatic heterocycles. The van der Waals surface area contributed by atoms with Gasteiger partial charge in [0.1, 0.15) is 5.84 Å². The fraction of sp³-hybridized carbons (Fsp3) is 0.478. The number of likely N-dealkylation sites (N-methyl/N-ethyl adjacent to an activating group) is 1. The number of rotatable bonds is 6. The van der Waals surface area contributed by atoms with Gasteiger partial charge in [-0.15, -0.1) is 0 Å². The number of anilines is 3. The topological polar surface area (TPSA) is 81.6 Å². The summed E-state index contributed by atoms with van der Waals surface area (Å²) in [5.41, 5.74) is 2.61. The predicted octanol–water partition coefficient (Wildman–Crippen LogP) is 2.96. The molecule has 1 aromatic carbocycles. The Balaban J connectivity index is 1.38. The standard InChI is InChI=1S/C23H30N8/c1-16(17-6-4-3-5-7-17)25-21-27-22(26-20-14-19(15-24-20)18-8-9-18)29-23(28-21)31-12-10-30(2)11-13-31/h3-7,14,16,18H,8-13,15H2,1-2H3,(H2,24,25,26,27,28,29). The lowest BCUT2D eigenvalue weighted by Crippen LogP contribution is -2.45. The van der Waals surface area contributed by atoms with E-state index in [4.69, 9.17) is 9.97 Å². The summed E-state index contributed by atoms with van der Waals surface area (Å²) >= 11 is 0. The zero-order valence-electron chi connectivity index (χ0n) is 18.3. The maximum Gasteiger partial charge on any atom is 0.234 e. The highest BCUT2D eigenvalue weighted by molar-refractivity contribution is 6.05. The smallest absolute Gasteiger partial charge is 0.234 e. The summed E-state index contributed by atoms with van der Waals surface area (Å²) in [4.78, 5) is 23.3. The Hall–Kier alpha value is -3.00. The van der Waals surface area contributed by atoms with Crippen molar-refractivity contribution in [2.45, 2.75) is 25.8 Å². The summed E-state index contributed by atoms with van der Waals surface area (Å²) in [5, 5.41) is 6.78. The first-order valence-corrected chi connectivity index (χ1v) is 11.2. The molecule has 162 valence electrons. The predicted molar refractivity (Wildman–Crippen MR) is 125 cm³/mol. The molecule has 0 spiro atoms. The van der Waals surface area contributed by atoms with Gasteiger partial charge in [-0.25, -0.2) is 0 Å². The van der Waals surface area contributed by atoms with E-state index in [0.717, 1.165) is 44.5 Å². The lowest BCUT2D eigenvalue weighted by molar-refractivity contribution is 0.311. The fourth-order valence-electron chi connectivity index (χ4n) is 3.99. The number of benzene rings is 1. The molecule has 31 heavy (non-hydrogen) atoms. The highest BCUT2D eigenvalue weighted by Gasteiger charge is 2.28. The molecule has 5 rings (SSSR count). The first-order chi connectivity index (χ1) is 15.1. The van der Waals surface area contributed by atoms with Gasteiger partial charge in [-0.1, -0.05) is 30.3 Å². The van der Waals surface area contributed by atoms with Gasteiger partial charge in [0, 0.05) is 26.2 Å². The number of hydrogen-bond donors (Lipinski definition) is 2. The maximum atomic E-state index is 4.75. The van der Waals surface area contributed by atoms with E-state index in [-0.39, 0.29) is 6.04 Å². The minimum Gasteiger partial charge on any atom is -0.348 e. The van der Waals surface area contributed by atoms with Crippen molar-refractivity contribution in [3.05, 3.63) is 47.5 Å². The summed E-state index contributed by atoms with van der Waals surface area (Å²) in [6, 6.07) is 10.4. The molecular formula is C23H30N8. The molecule has 1 aliphatic carbocycles. The van der Waals surface area contributed by atoms with Gasteiger partial charge in [0.15, 0.2) is 0 Å². The fourth-order valence-corrected chi connectivity index (χ4v) is 3.99. The van der Waals surface area contributed by atoms with Crippen molar-refractivity contribution < 1.29 is 0 Å². The van der Waals surface area contributed by atoms with Crippen LogP contribution in [0.5, 0.6) is 0 Å². The quantitative estimate of drug-likeness (QED) is 0.746. The molecular weight excluding hydrogens is 388 g/mol. The number of hydrogen-bond acceptors (Lipinski definition) is 8. The molecule has 1 unspecified atom stereocenters. The summed E-state index contributed by atoms with van der Waals surface area (Å²) in [5.74, 6) is 3.40. The van der Waals surface area contributed by atoms with Gasteiger partial charge in [-0.05, 0) is 49.9 Å². The van der Waals surface area contributed by atoms with Crippen LogP contribution in [0.3, 0.4) is 0 Å². The zero-order valence-corrected chi connectivity index (χ0v) is 18.3. The van der Waals surface area contributed by atoms with Crippen molar-refractivity contribution in [3.8, 4) is 0 Å². The second kappa shape index (κ2) is 8.63. The molecule has 0 amide bonds. The van der Waals surface area contributed by atoms with Crippen LogP contribution in [-0.4, -0.2) is 65.5 Å². The summed E-state index contributed by atoms with van der Waals surface area (Å²) in [6.07, 6.45) is 4.75. The number of amidine groups is 1. The van der Waals surface area contributed by atoms with Crippen LogP contribution in [0.2, 0.25) is 0 Å². The van der Waals surface area contributed by atoms with Gasteiger partial charge in [0.25, 0.3) is 0 Å². The van der Waals surface area contributed by atoms with E-state index in [9.17, 15) is 0 Å². The monoisotopic (exact) mass is 418 g/mol. The largest absolute Gasteiger partial charge is 0.348 e. The summed E-state index contributed by atoms with van der Waals surface area (Å²) in [6.45, 7) is 6.71. The Labute approximate surface area is 183 Å². The van der Waals surface area contributed by atoms with E-state index < -0.39 is 0 Å². The molecule has 8 heteroatoms. The average Bonchev–Trinajstić information content (AvgIpc) is 3.54. The minimum absolute atomic E-state index is 0.0852. The van der Waals surface area contributed by atoms with Crippen LogP contribution >= 0.6 is 0 Å². The molecule has 3 aliphatic rings. The third kappa shape index (κ3) is 4.85. The van der Waals surface area contributed by atoms with Gasteiger partial charge in [-0.2, -0.15) is 15.0 Å². The number of piperazine rings is 1. The first kappa shape index (κ1) is 19.9. The highest BCUT2D eigenvalue weighted by atomic mass is 15.4. The Kier molecular flexibility index (Phi) is 5.55. The molecule has 2 fully saturated rings. The third-order valence-corrected chi connectivity index (χ3v) is 6.15. The van der Waals surface area contributed by atoms with E-state index in [1.165, 1.54) is 24.0 Å². The Bertz CT molecular complexity index is 974. The van der Waals surface area contributed by atoms with Crippen molar-refractivity contribution in [3.63, 3.8) is 0 Å². The SMILES string of the molecule is CC(Nc1nc(NC2=NCC(C3CC3)=C2)nc(N2CCN(C)CC2)n1)c1ccccc1. The molecule has 0 bridgehead atoms. The molecule has 3 heterocycles. The van der Waals surface area contributed by atoms with E-state index in [0.29, 0.717) is 17.8 Å². The second-order valence-corrected chi connectivity index (χ2v) is 8.67. The van der Waals surface area contributed by atoms with Crippen LogP contribution in [0.1, 0.15) is 31.4 Å². The number of nitrogens with zero attached hydrogens (tertiary/aromatic N) is 6. The van der Waals surface area contributed by atoms with Gasteiger partial charge in [0.05, 0.1) is 12.6 Å². The van der Waals surface area contributed by atoms with Crippen molar-refractivity contribution in [1.29, 1.82) is 0 Å². The Morgan fingerprint density at radius 3 is 2.45 bits per heavy atom. The van der Waals surface area contributed by atoms with Crippen molar-refractivity contribution in [1.82, 2.24) is 19.9 Å². The molecule has 8 nitrogen and oxygen atoms in total. The van der Waals surface area contributed by atoms with Gasteiger partial charge < -0.3 is 20.4 Å². The van der Waals surface area contributed by atoms with E-state index in [1.54, 1.807) is 0 Å². The Morgan fingerprint density at radius 1 is 0.968 bits per heavy atom. The van der Waals surface area contributed by atoms with E-state index in [1.807, 2.05) is 18.2 Å². The second-order valence-electron chi connectivity index (χ2n) is 8.67. The molecule has 1 saturated carbocycles. The zero-order chi connectivity index (χ0) is 21.2. The lowest BCUT2D eigenvalue weighted by Gasteiger charge is -2.32. The van der Waals surface area contributed by atoms with Crippen molar-refractivity contribution in [2.75, 3.05) is 55.3 Å². The Morgan fingerprint density at radius 2 is 1.71 bits per heavy atom. The number of aromatic nitrogens is 3. The summed E-state index contributed by atoms with van der Waals surface area (Å²) in [7, 11) is 2.15. The molecule has 1 atom stereocenters. The van der Waals surface area contributed by atoms with Gasteiger partial charge >= 0.3 is 0 Å². The van der Waals surface area contributed by atoms with Crippen LogP contribution in [-0.2, 0) is 0 Å². The van der Waals surface area contributed by atoms with Crippen LogP contribution in [0.4, 0.5) is 17.8 Å². The molecule has 0 radical (unpaired) electrons. The summed E-state index contributed by atoms with van der Waals surface area (Å²) < 4.78 is 0. The van der Waals surface area contributed by atoms with E-state index in [2.05, 4.69) is 62.6 Å². The van der Waals surface area contributed by atoms with Crippen molar-refractivity contribution >= 4 is 23.7 Å². The van der Waals surface area contributed by atoms with Crippen molar-refractivity contribution in [2.24, 2.45) is 10.9 Å². The van der Waals surface area contributed by atoms with Gasteiger partial charge in [0.2, 0.25) is 17.8 Å². The maximum absolute atomic E-state index is 4.75. The van der Waals surface area contributed by atoms with E-state index >= 15 is 0 Å². The third-order valence-electron chi connectivity index (χ3n) is 6.15. The average molecular weight is 419 g/mol. The number of nitrogens with one attached hydrogen (secondary N) is 2. The molecule has 2 aromatic rings. The van der Waals surface area contributed by atoms with Crippen LogP contribution in [0.25, 0.3) is 0 Å². The minimum atomic E-state index is 0.0852. The van der Waals surface area contributed by atoms with Crippen LogP contribution in [0, 0.1) is 5.92 Å². The van der Waals surface area contributed by atoms with Gasteiger partial charge in [-0.3, -0.25) is 4.99 Å². The molecule has 2 aliphatic heterocycles. The van der Waals surface area contributed by atoms with Crippen LogP contribution in [0.15, 0.2) is 47.0 Å².